The molecule has 366 valence electrons. The first kappa shape index (κ1) is 50.3. The number of hydrogen-bond donors (Lipinski definition) is 4. The number of nitrogens with one attached hydrogen (secondary N) is 3. The topological polar surface area (TPSA) is 184 Å². The second-order valence-corrected chi connectivity index (χ2v) is 21.9. The number of aliphatic hydroxyl groups excluding tert-OH is 1. The van der Waals surface area contributed by atoms with Crippen molar-refractivity contribution in [2.24, 2.45) is 10.4 Å². The van der Waals surface area contributed by atoms with Gasteiger partial charge in [0.1, 0.15) is 29.0 Å². The quantitative estimate of drug-likeness (QED) is 0.0701. The number of thiophene rings is 1. The van der Waals surface area contributed by atoms with Gasteiger partial charge in [-0.15, -0.1) is 32.9 Å². The molecule has 1 fully saturated rings. The number of rotatable bonds is 16. The van der Waals surface area contributed by atoms with Crippen LogP contribution in [0.1, 0.15) is 108 Å². The number of fused-ring (bicyclic) bond motifs is 3. The minimum atomic E-state index is -0.939. The summed E-state index contributed by atoms with van der Waals surface area (Å²) in [5.74, 6) is 0.145. The van der Waals surface area contributed by atoms with Crippen molar-refractivity contribution in [1.29, 1.82) is 0 Å². The number of aliphatic hydroxyl groups is 1. The molecule has 6 aromatic rings. The van der Waals surface area contributed by atoms with Crippen LogP contribution in [0.25, 0.3) is 15.4 Å². The number of likely N-dealkylation sites (tertiary alicyclic amines) is 1. The highest BCUT2D eigenvalue weighted by Crippen LogP contribution is 2.40. The first-order valence-corrected chi connectivity index (χ1v) is 25.8. The van der Waals surface area contributed by atoms with E-state index >= 15 is 0 Å². The second kappa shape index (κ2) is 21.5. The summed E-state index contributed by atoms with van der Waals surface area (Å²) in [6, 6.07) is 21.0. The van der Waals surface area contributed by atoms with Gasteiger partial charge in [0.2, 0.25) is 23.6 Å². The van der Waals surface area contributed by atoms with Crippen LogP contribution in [0.4, 0.5) is 0 Å². The van der Waals surface area contributed by atoms with E-state index in [0.717, 1.165) is 85.3 Å². The number of unbranched alkanes of at least 4 members (excludes halogenated alkanes) is 1. The lowest BCUT2D eigenvalue weighted by molar-refractivity contribution is -0.144. The van der Waals surface area contributed by atoms with E-state index in [4.69, 9.17) is 16.6 Å². The Bertz CT molecular complexity index is 2920. The van der Waals surface area contributed by atoms with Crippen LogP contribution in [0.2, 0.25) is 5.02 Å². The first-order valence-electron chi connectivity index (χ1n) is 23.7. The maximum absolute atomic E-state index is 14.2. The highest BCUT2D eigenvalue weighted by atomic mass is 35.5. The summed E-state index contributed by atoms with van der Waals surface area (Å²) < 4.78 is 2.04. The van der Waals surface area contributed by atoms with Gasteiger partial charge < -0.3 is 26.0 Å². The van der Waals surface area contributed by atoms with Gasteiger partial charge in [-0.3, -0.25) is 28.7 Å². The van der Waals surface area contributed by atoms with Crippen molar-refractivity contribution < 1.29 is 24.3 Å². The minimum Gasteiger partial charge on any atom is -0.391 e. The fourth-order valence-electron chi connectivity index (χ4n) is 9.14. The van der Waals surface area contributed by atoms with E-state index < -0.39 is 35.6 Å². The maximum atomic E-state index is 14.2. The predicted molar refractivity (Wildman–Crippen MR) is 276 cm³/mol. The number of aliphatic imine (C=N–C) groups is 1. The lowest BCUT2D eigenvalue weighted by Crippen LogP contribution is -2.58. The normalized spacial score (nSPS) is 17.0. The van der Waals surface area contributed by atoms with Crippen LogP contribution in [-0.2, 0) is 38.6 Å². The van der Waals surface area contributed by atoms with Crippen molar-refractivity contribution in [3.63, 3.8) is 0 Å². The Morgan fingerprint density at radius 1 is 0.886 bits per heavy atom. The van der Waals surface area contributed by atoms with E-state index in [1.54, 1.807) is 22.7 Å². The van der Waals surface area contributed by atoms with Crippen molar-refractivity contribution in [3.8, 4) is 15.4 Å². The third kappa shape index (κ3) is 11.4. The Balaban J connectivity index is 0.829. The molecule has 4 atom stereocenters. The van der Waals surface area contributed by atoms with Gasteiger partial charge in [-0.1, -0.05) is 93.0 Å². The molecule has 0 spiro atoms. The number of halogens is 1. The second-order valence-electron chi connectivity index (χ2n) is 19.4. The summed E-state index contributed by atoms with van der Waals surface area (Å²) in [6.45, 7) is 14.4. The first-order chi connectivity index (χ1) is 33.4. The van der Waals surface area contributed by atoms with Crippen molar-refractivity contribution in [2.75, 3.05) is 13.1 Å². The Kier molecular flexibility index (Phi) is 15.5. The van der Waals surface area contributed by atoms with Crippen LogP contribution in [0.3, 0.4) is 0 Å². The van der Waals surface area contributed by atoms with E-state index in [9.17, 15) is 24.3 Å². The molecule has 0 saturated carbocycles. The molecule has 3 aromatic heterocycles. The van der Waals surface area contributed by atoms with Crippen LogP contribution in [0.5, 0.6) is 0 Å². The smallest absolute Gasteiger partial charge is 0.246 e. The molecule has 0 aliphatic carbocycles. The molecule has 1 saturated heterocycles. The highest BCUT2D eigenvalue weighted by molar-refractivity contribution is 7.15. The van der Waals surface area contributed by atoms with E-state index in [0.29, 0.717) is 17.4 Å². The number of aryl methyl sites for hydroxylation is 4. The third-order valence-electron chi connectivity index (χ3n) is 13.0. The molecule has 8 rings (SSSR count). The lowest BCUT2D eigenvalue weighted by Gasteiger charge is -2.35. The minimum absolute atomic E-state index is 0.00523. The molecule has 70 heavy (non-hydrogen) atoms. The Morgan fingerprint density at radius 3 is 2.33 bits per heavy atom. The molecule has 3 aromatic carbocycles. The SMILES string of the molecule is Cc1ncsc1-c1ccc(CNC(=O)[C@@H]2C[C@@H](O)CN2C(=O)C(NC(=O)Cc2cccc(CCCCNC(=O)C[C@@H]3N=C(c4ccc(Cl)cc4)c4c(sc(C)c4C)-n4c(C)nnc43)c2)C(C)(C)C)cc1. The fraction of sp³-hybridized carbons (Fsp3) is 0.396. The zero-order chi connectivity index (χ0) is 49.9. The zero-order valence-electron chi connectivity index (χ0n) is 40.6. The molecular formula is C53H60ClN9O5S2. The van der Waals surface area contributed by atoms with Gasteiger partial charge in [-0.2, -0.15) is 0 Å². The van der Waals surface area contributed by atoms with Gasteiger partial charge in [0.05, 0.1) is 40.7 Å². The molecule has 5 heterocycles. The van der Waals surface area contributed by atoms with E-state index in [1.165, 1.54) is 9.78 Å². The molecule has 17 heteroatoms. The third-order valence-corrected chi connectivity index (χ3v) is 15.4. The summed E-state index contributed by atoms with van der Waals surface area (Å²) in [4.78, 5) is 68.2. The number of carbonyl (C=O) groups is 4. The number of β-amino-alcohol motifs (C(OH)–C–C–N with tert-alkyl or cyclic N) is 1. The predicted octanol–water partition coefficient (Wildman–Crippen LogP) is 8.11. The van der Waals surface area contributed by atoms with Crippen LogP contribution in [0, 0.1) is 33.1 Å². The van der Waals surface area contributed by atoms with Crippen LogP contribution in [-0.4, -0.2) is 90.4 Å². The Morgan fingerprint density at radius 2 is 1.61 bits per heavy atom. The van der Waals surface area contributed by atoms with Crippen molar-refractivity contribution >= 4 is 63.6 Å². The standard InChI is InChI=1S/C53H60ClN9O5S2/c1-30-32(3)70-52-45(30)46(37-18-20-39(54)21-19-37)58-41(49-61-60-33(4)63(49)52)26-43(65)55-22-9-8-11-34-12-10-13-36(23-34)24-44(66)59-48(53(5,6)7)51(68)62-28-40(64)25-42(62)50(67)56-27-35-14-16-38(17-15-35)47-31(2)57-29-69-47/h10,12-21,23,29,40-42,48,64H,8-9,11,22,24-28H2,1-7H3,(H,55,65)(H,56,67)(H,59,66)/t40-,41+,42+,48?/m1/s1. The Labute approximate surface area is 422 Å². The van der Waals surface area contributed by atoms with Gasteiger partial charge in [0.15, 0.2) is 5.82 Å². The number of amides is 4. The largest absolute Gasteiger partial charge is 0.391 e. The zero-order valence-corrected chi connectivity index (χ0v) is 43.0. The maximum Gasteiger partial charge on any atom is 0.246 e. The number of benzene rings is 3. The summed E-state index contributed by atoms with van der Waals surface area (Å²) in [6.07, 6.45) is 1.69. The molecule has 2 aliphatic rings. The molecule has 2 aliphatic heterocycles. The molecule has 4 amide bonds. The summed E-state index contributed by atoms with van der Waals surface area (Å²) in [5, 5.41) is 30.3. The van der Waals surface area contributed by atoms with Gasteiger partial charge in [0.25, 0.3) is 0 Å². The van der Waals surface area contributed by atoms with Gasteiger partial charge in [-0.05, 0) is 92.3 Å². The van der Waals surface area contributed by atoms with Crippen molar-refractivity contribution in [3.05, 3.63) is 139 Å². The average Bonchev–Trinajstić information content (AvgIpc) is 4.09. The van der Waals surface area contributed by atoms with Gasteiger partial charge in [0, 0.05) is 47.1 Å². The molecule has 14 nitrogen and oxygen atoms in total. The van der Waals surface area contributed by atoms with Gasteiger partial charge in [-0.25, -0.2) is 4.98 Å². The van der Waals surface area contributed by atoms with Crippen LogP contribution >= 0.6 is 34.3 Å². The fourth-order valence-corrected chi connectivity index (χ4v) is 11.3. The summed E-state index contributed by atoms with van der Waals surface area (Å²) in [5.41, 5.74) is 9.76. The summed E-state index contributed by atoms with van der Waals surface area (Å²) >= 11 is 9.51. The van der Waals surface area contributed by atoms with Crippen LogP contribution < -0.4 is 16.0 Å². The number of thiazole rings is 1. The van der Waals surface area contributed by atoms with E-state index in [2.05, 4.69) is 45.0 Å². The average molecular weight is 1000 g/mol. The number of hydrogen-bond acceptors (Lipinski definition) is 11. The highest BCUT2D eigenvalue weighted by Gasteiger charge is 2.44. The molecular weight excluding hydrogens is 942 g/mol. The number of aromatic nitrogens is 4. The molecule has 0 radical (unpaired) electrons. The van der Waals surface area contributed by atoms with E-state index in [1.807, 2.05) is 117 Å². The molecule has 0 bridgehead atoms. The molecule has 1 unspecified atom stereocenters. The molecule has 4 N–H and O–H groups in total. The number of nitrogens with zero attached hydrogens (tertiary/aromatic N) is 6. The van der Waals surface area contributed by atoms with Crippen LogP contribution in [0.15, 0.2) is 83.3 Å². The number of carbonyl (C=O) groups excluding carboxylic acids is 4. The van der Waals surface area contributed by atoms with Gasteiger partial charge >= 0.3 is 0 Å². The Hall–Kier alpha value is -6.07. The van der Waals surface area contributed by atoms with E-state index in [-0.39, 0.29) is 50.1 Å². The lowest BCUT2D eigenvalue weighted by atomic mass is 9.85. The summed E-state index contributed by atoms with van der Waals surface area (Å²) in [7, 11) is 0. The monoisotopic (exact) mass is 1000 g/mol. The van der Waals surface area contributed by atoms with Crippen molar-refractivity contribution in [2.45, 2.75) is 118 Å². The van der Waals surface area contributed by atoms with Crippen molar-refractivity contribution in [1.82, 2.24) is 40.6 Å².